The first-order valence-corrected chi connectivity index (χ1v) is 8.70. The molecule has 1 aliphatic heterocycles. The molecular formula is C19H24N4O2. The predicted molar refractivity (Wildman–Crippen MR) is 97.0 cm³/mol. The standard InChI is InChI=1S/C19H24N4O2/c24-19(22-9-2-12-23-13-10-20-11-14-23)16-4-6-17(7-5-16)25-18-3-1-8-21-15-18/h1,3-8,15,20H,2,9-14H2,(H,22,24). The van der Waals surface area contributed by atoms with E-state index in [0.29, 0.717) is 23.6 Å². The van der Waals surface area contributed by atoms with Crippen LogP contribution in [-0.4, -0.2) is 55.1 Å². The molecule has 0 spiro atoms. The molecule has 1 fully saturated rings. The molecule has 0 bridgehead atoms. The molecule has 3 rings (SSSR count). The molecule has 0 radical (unpaired) electrons. The van der Waals surface area contributed by atoms with Crippen molar-refractivity contribution >= 4 is 5.91 Å². The van der Waals surface area contributed by atoms with E-state index in [1.807, 2.05) is 12.1 Å². The van der Waals surface area contributed by atoms with Crippen LogP contribution in [0.5, 0.6) is 11.5 Å². The highest BCUT2D eigenvalue weighted by Crippen LogP contribution is 2.20. The molecule has 1 amide bonds. The molecule has 0 saturated carbocycles. The normalized spacial score (nSPS) is 14.9. The van der Waals surface area contributed by atoms with Crippen molar-refractivity contribution in [2.45, 2.75) is 6.42 Å². The minimum atomic E-state index is -0.0479. The average Bonchev–Trinajstić information content (AvgIpc) is 2.67. The van der Waals surface area contributed by atoms with Gasteiger partial charge in [0.25, 0.3) is 5.91 Å². The Morgan fingerprint density at radius 2 is 1.96 bits per heavy atom. The van der Waals surface area contributed by atoms with Gasteiger partial charge in [0.1, 0.15) is 11.5 Å². The number of piperazine rings is 1. The number of nitrogens with one attached hydrogen (secondary N) is 2. The number of carbonyl (C=O) groups excluding carboxylic acids is 1. The van der Waals surface area contributed by atoms with Crippen LogP contribution < -0.4 is 15.4 Å². The smallest absolute Gasteiger partial charge is 0.251 e. The zero-order valence-corrected chi connectivity index (χ0v) is 14.3. The Hall–Kier alpha value is -2.44. The number of hydrogen-bond donors (Lipinski definition) is 2. The maximum absolute atomic E-state index is 12.2. The van der Waals surface area contributed by atoms with Gasteiger partial charge in [-0.25, -0.2) is 0 Å². The molecule has 6 heteroatoms. The zero-order valence-electron chi connectivity index (χ0n) is 14.3. The first kappa shape index (κ1) is 17.4. The fourth-order valence-electron chi connectivity index (χ4n) is 2.76. The van der Waals surface area contributed by atoms with Gasteiger partial charge in [-0.1, -0.05) is 0 Å². The van der Waals surface area contributed by atoms with Gasteiger partial charge >= 0.3 is 0 Å². The Bertz CT molecular complexity index is 655. The molecule has 2 heterocycles. The molecule has 132 valence electrons. The van der Waals surface area contributed by atoms with Crippen LogP contribution in [0, 0.1) is 0 Å². The summed E-state index contributed by atoms with van der Waals surface area (Å²) in [4.78, 5) is 18.6. The van der Waals surface area contributed by atoms with E-state index in [0.717, 1.165) is 39.1 Å². The van der Waals surface area contributed by atoms with Gasteiger partial charge < -0.3 is 20.3 Å². The molecule has 1 aromatic carbocycles. The molecule has 2 N–H and O–H groups in total. The van der Waals surface area contributed by atoms with Crippen LogP contribution >= 0.6 is 0 Å². The summed E-state index contributed by atoms with van der Waals surface area (Å²) in [5, 5.41) is 6.32. The van der Waals surface area contributed by atoms with Gasteiger partial charge in [0.15, 0.2) is 0 Å². The minimum Gasteiger partial charge on any atom is -0.456 e. The SMILES string of the molecule is O=C(NCCCN1CCNCC1)c1ccc(Oc2cccnc2)cc1. The van der Waals surface area contributed by atoms with Crippen molar-refractivity contribution in [2.24, 2.45) is 0 Å². The van der Waals surface area contributed by atoms with Crippen molar-refractivity contribution in [3.05, 3.63) is 54.4 Å². The van der Waals surface area contributed by atoms with Gasteiger partial charge in [-0.2, -0.15) is 0 Å². The van der Waals surface area contributed by atoms with Crippen LogP contribution in [0.1, 0.15) is 16.8 Å². The summed E-state index contributed by atoms with van der Waals surface area (Å²) < 4.78 is 5.67. The first-order chi connectivity index (χ1) is 12.3. The lowest BCUT2D eigenvalue weighted by atomic mass is 10.2. The van der Waals surface area contributed by atoms with Gasteiger partial charge in [-0.15, -0.1) is 0 Å². The summed E-state index contributed by atoms with van der Waals surface area (Å²) >= 11 is 0. The van der Waals surface area contributed by atoms with Crippen LogP contribution in [0.25, 0.3) is 0 Å². The molecule has 6 nitrogen and oxygen atoms in total. The van der Waals surface area contributed by atoms with Gasteiger partial charge in [0.2, 0.25) is 0 Å². The van der Waals surface area contributed by atoms with Crippen molar-refractivity contribution in [1.82, 2.24) is 20.5 Å². The van der Waals surface area contributed by atoms with Crippen LogP contribution in [0.4, 0.5) is 0 Å². The number of carbonyl (C=O) groups is 1. The molecule has 1 aromatic heterocycles. The second-order valence-corrected chi connectivity index (χ2v) is 6.02. The highest BCUT2D eigenvalue weighted by atomic mass is 16.5. The highest BCUT2D eigenvalue weighted by molar-refractivity contribution is 5.94. The number of pyridine rings is 1. The first-order valence-electron chi connectivity index (χ1n) is 8.70. The van der Waals surface area contributed by atoms with Gasteiger partial charge in [0.05, 0.1) is 6.20 Å². The Kier molecular flexibility index (Phi) is 6.36. The quantitative estimate of drug-likeness (QED) is 0.754. The zero-order chi connectivity index (χ0) is 17.3. The number of amides is 1. The van der Waals surface area contributed by atoms with E-state index in [4.69, 9.17) is 4.74 Å². The average molecular weight is 340 g/mol. The Labute approximate surface area is 148 Å². The van der Waals surface area contributed by atoms with Gasteiger partial charge in [-0.3, -0.25) is 9.78 Å². The minimum absolute atomic E-state index is 0.0479. The van der Waals surface area contributed by atoms with Crippen LogP contribution in [-0.2, 0) is 0 Å². The number of aromatic nitrogens is 1. The molecule has 0 atom stereocenters. The maximum Gasteiger partial charge on any atom is 0.251 e. The molecule has 25 heavy (non-hydrogen) atoms. The van der Waals surface area contributed by atoms with Gasteiger partial charge in [-0.05, 0) is 49.4 Å². The summed E-state index contributed by atoms with van der Waals surface area (Å²) in [7, 11) is 0. The monoisotopic (exact) mass is 340 g/mol. The molecular weight excluding hydrogens is 316 g/mol. The largest absolute Gasteiger partial charge is 0.456 e. The lowest BCUT2D eigenvalue weighted by molar-refractivity contribution is 0.0951. The lowest BCUT2D eigenvalue weighted by Gasteiger charge is -2.27. The molecule has 2 aromatic rings. The third kappa shape index (κ3) is 5.55. The van der Waals surface area contributed by atoms with Crippen LogP contribution in [0.2, 0.25) is 0 Å². The highest BCUT2D eigenvalue weighted by Gasteiger charge is 2.09. The lowest BCUT2D eigenvalue weighted by Crippen LogP contribution is -2.44. The van der Waals surface area contributed by atoms with Gasteiger partial charge in [0, 0.05) is 44.5 Å². The van der Waals surface area contributed by atoms with Crippen molar-refractivity contribution in [2.75, 3.05) is 39.3 Å². The maximum atomic E-state index is 12.2. The van der Waals surface area contributed by atoms with E-state index >= 15 is 0 Å². The summed E-state index contributed by atoms with van der Waals surface area (Å²) in [6.07, 6.45) is 4.31. The summed E-state index contributed by atoms with van der Waals surface area (Å²) in [5.74, 6) is 1.31. The van der Waals surface area contributed by atoms with E-state index in [1.165, 1.54) is 0 Å². The number of rotatable bonds is 7. The molecule has 1 saturated heterocycles. The number of nitrogens with zero attached hydrogens (tertiary/aromatic N) is 2. The summed E-state index contributed by atoms with van der Waals surface area (Å²) in [6, 6.07) is 10.8. The fraction of sp³-hybridized carbons (Fsp3) is 0.368. The molecule has 0 aliphatic carbocycles. The van der Waals surface area contributed by atoms with Crippen LogP contribution in [0.3, 0.4) is 0 Å². The number of benzene rings is 1. The fourth-order valence-corrected chi connectivity index (χ4v) is 2.76. The molecule has 0 unspecified atom stereocenters. The Morgan fingerprint density at radius 3 is 2.68 bits per heavy atom. The van der Waals surface area contributed by atoms with Crippen molar-refractivity contribution < 1.29 is 9.53 Å². The van der Waals surface area contributed by atoms with Crippen LogP contribution in [0.15, 0.2) is 48.8 Å². The van der Waals surface area contributed by atoms with Crippen molar-refractivity contribution in [1.29, 1.82) is 0 Å². The third-order valence-corrected chi connectivity index (χ3v) is 4.13. The van der Waals surface area contributed by atoms with Crippen molar-refractivity contribution in [3.8, 4) is 11.5 Å². The third-order valence-electron chi connectivity index (χ3n) is 4.13. The second kappa shape index (κ2) is 9.15. The molecule has 1 aliphatic rings. The topological polar surface area (TPSA) is 66.5 Å². The van der Waals surface area contributed by atoms with Crippen molar-refractivity contribution in [3.63, 3.8) is 0 Å². The number of hydrogen-bond acceptors (Lipinski definition) is 5. The van der Waals surface area contributed by atoms with E-state index in [2.05, 4.69) is 20.5 Å². The summed E-state index contributed by atoms with van der Waals surface area (Å²) in [5.41, 5.74) is 0.640. The second-order valence-electron chi connectivity index (χ2n) is 6.02. The van der Waals surface area contributed by atoms with E-state index in [9.17, 15) is 4.79 Å². The predicted octanol–water partition coefficient (Wildman–Crippen LogP) is 1.90. The summed E-state index contributed by atoms with van der Waals surface area (Å²) in [6.45, 7) is 6.01. The van der Waals surface area contributed by atoms with E-state index in [1.54, 1.807) is 36.7 Å². The Balaban J connectivity index is 1.41. The van der Waals surface area contributed by atoms with E-state index < -0.39 is 0 Å². The Morgan fingerprint density at radius 1 is 1.16 bits per heavy atom. The number of ether oxygens (including phenoxy) is 1. The van der Waals surface area contributed by atoms with E-state index in [-0.39, 0.29) is 5.91 Å².